The van der Waals surface area contributed by atoms with Crippen LogP contribution in [0.1, 0.15) is 92.8 Å². The summed E-state index contributed by atoms with van der Waals surface area (Å²) in [4.78, 5) is 50.9. The Morgan fingerprint density at radius 2 is 1.80 bits per heavy atom. The first kappa shape index (κ1) is 31.8. The molecule has 1 aliphatic heterocycles. The van der Waals surface area contributed by atoms with Crippen LogP contribution < -0.4 is 11.2 Å². The summed E-state index contributed by atoms with van der Waals surface area (Å²) in [5.41, 5.74) is 2.91. The summed E-state index contributed by atoms with van der Waals surface area (Å²) in [7, 11) is 0. The number of amides is 1. The Kier molecular flexibility index (Phi) is 8.95. The van der Waals surface area contributed by atoms with Crippen LogP contribution in [0, 0.1) is 6.92 Å². The lowest BCUT2D eigenvalue weighted by Gasteiger charge is -2.43. The molecular weight excluding hydrogens is 624 g/mol. The van der Waals surface area contributed by atoms with E-state index in [1.54, 1.807) is 11.0 Å². The number of carbonyl (C=O) groups is 1. The topological polar surface area (TPSA) is 122 Å². The summed E-state index contributed by atoms with van der Waals surface area (Å²) in [6, 6.07) is 8.05. The molecule has 0 aliphatic carbocycles. The zero-order valence-corrected chi connectivity index (χ0v) is 28.1. The van der Waals surface area contributed by atoms with Crippen LogP contribution in [0.4, 0.5) is 0 Å². The molecule has 0 unspecified atom stereocenters. The Labute approximate surface area is 265 Å². The van der Waals surface area contributed by atoms with E-state index in [1.165, 1.54) is 10.1 Å². The lowest BCUT2D eigenvalue weighted by molar-refractivity contribution is 0.0379. The summed E-state index contributed by atoms with van der Waals surface area (Å²) in [5.74, 6) is -0.217. The van der Waals surface area contributed by atoms with Crippen molar-refractivity contribution in [1.29, 1.82) is 0 Å². The molecule has 12 heteroatoms. The highest BCUT2D eigenvalue weighted by molar-refractivity contribution is 9.10. The molecule has 1 aliphatic rings. The van der Waals surface area contributed by atoms with Crippen molar-refractivity contribution in [2.75, 3.05) is 26.2 Å². The van der Waals surface area contributed by atoms with Gasteiger partial charge in [0.05, 0.1) is 28.7 Å². The van der Waals surface area contributed by atoms with Crippen LogP contribution in [0.3, 0.4) is 0 Å². The van der Waals surface area contributed by atoms with Crippen LogP contribution in [0.2, 0.25) is 0 Å². The van der Waals surface area contributed by atoms with E-state index in [1.807, 2.05) is 31.6 Å². The molecule has 234 valence electrons. The van der Waals surface area contributed by atoms with E-state index in [-0.39, 0.29) is 34.5 Å². The Bertz CT molecular complexity index is 1810. The van der Waals surface area contributed by atoms with E-state index < -0.39 is 16.8 Å². The summed E-state index contributed by atoms with van der Waals surface area (Å²) in [6.45, 7) is 17.0. The number of hydrogen-bond donors (Lipinski definition) is 1. The summed E-state index contributed by atoms with van der Waals surface area (Å²) < 4.78 is 4.44. The van der Waals surface area contributed by atoms with Crippen LogP contribution >= 0.6 is 15.9 Å². The number of benzene rings is 1. The number of H-pyrrole nitrogens is 1. The minimum atomic E-state index is -0.584. The molecule has 1 aromatic carbocycles. The van der Waals surface area contributed by atoms with E-state index in [4.69, 9.17) is 0 Å². The van der Waals surface area contributed by atoms with Crippen molar-refractivity contribution in [1.82, 2.24) is 39.3 Å². The van der Waals surface area contributed by atoms with E-state index in [2.05, 4.69) is 87.0 Å². The van der Waals surface area contributed by atoms with Gasteiger partial charge in [-0.3, -0.25) is 24.0 Å². The van der Waals surface area contributed by atoms with E-state index in [9.17, 15) is 14.4 Å². The zero-order chi connectivity index (χ0) is 31.9. The molecule has 5 rings (SSSR count). The van der Waals surface area contributed by atoms with Crippen molar-refractivity contribution < 1.29 is 4.79 Å². The number of aromatic nitrogens is 6. The number of nitrogens with one attached hydrogen (secondary N) is 1. The van der Waals surface area contributed by atoms with Crippen LogP contribution in [-0.4, -0.2) is 71.4 Å². The lowest BCUT2D eigenvalue weighted by Crippen LogP contribution is -2.54. The number of piperazine rings is 1. The van der Waals surface area contributed by atoms with Gasteiger partial charge in [0.15, 0.2) is 5.65 Å². The van der Waals surface area contributed by atoms with Crippen LogP contribution in [0.5, 0.6) is 0 Å². The second-order valence-corrected chi connectivity index (χ2v) is 13.3. The largest absolute Gasteiger partial charge is 0.336 e. The first-order chi connectivity index (χ1) is 20.8. The maximum atomic E-state index is 14.0. The zero-order valence-electron chi connectivity index (χ0n) is 26.5. The third kappa shape index (κ3) is 5.89. The summed E-state index contributed by atoms with van der Waals surface area (Å²) in [5, 5.41) is 9.20. The fraction of sp³-hybridized carbons (Fsp3) is 0.500. The highest BCUT2D eigenvalue weighted by Gasteiger charge is 2.36. The molecule has 1 amide bonds. The molecular formula is C32H41BrN8O3. The molecule has 3 aromatic heterocycles. The number of pyridine rings is 1. The number of nitrogens with zero attached hydrogens (tertiary/aromatic N) is 7. The van der Waals surface area contributed by atoms with E-state index >= 15 is 0 Å². The minimum absolute atomic E-state index is 0.0111. The first-order valence-electron chi connectivity index (χ1n) is 15.2. The van der Waals surface area contributed by atoms with Gasteiger partial charge < -0.3 is 4.90 Å². The number of fused-ring (bicyclic) bond motifs is 1. The average Bonchev–Trinajstić information content (AvgIpc) is 3.51. The standard InChI is InChI=1S/C32H41BrN8O3/c1-8-11-40-28-27(29(42)35-31(40)44)23(17-25(34-28)19(2)3)30(43)38-12-14-39(15-13-38)32(6,7)26-18-41(37-36-26)21(5)22-9-10-24(33)20(4)16-22/h9-10,16-19,21H,8,11-15H2,1-7H3,(H,35,42,44)/t21-/m1/s1. The molecule has 0 spiro atoms. The molecule has 0 bridgehead atoms. The third-order valence-corrected chi connectivity index (χ3v) is 9.68. The van der Waals surface area contributed by atoms with E-state index in [0.717, 1.165) is 15.7 Å². The van der Waals surface area contributed by atoms with Gasteiger partial charge in [0, 0.05) is 42.9 Å². The van der Waals surface area contributed by atoms with Gasteiger partial charge in [-0.1, -0.05) is 54.0 Å². The first-order valence-corrected chi connectivity index (χ1v) is 16.0. The van der Waals surface area contributed by atoms with Gasteiger partial charge in [-0.25, -0.2) is 14.5 Å². The average molecular weight is 666 g/mol. The van der Waals surface area contributed by atoms with Gasteiger partial charge >= 0.3 is 5.69 Å². The Morgan fingerprint density at radius 1 is 1.09 bits per heavy atom. The number of hydrogen-bond acceptors (Lipinski definition) is 7. The monoisotopic (exact) mass is 664 g/mol. The van der Waals surface area contributed by atoms with Crippen LogP contribution in [-0.2, 0) is 12.1 Å². The van der Waals surface area contributed by atoms with Gasteiger partial charge in [-0.2, -0.15) is 0 Å². The second kappa shape index (κ2) is 12.4. The van der Waals surface area contributed by atoms with Crippen molar-refractivity contribution in [2.45, 2.75) is 78.9 Å². The molecule has 4 heterocycles. The Morgan fingerprint density at radius 3 is 2.43 bits per heavy atom. The molecule has 0 radical (unpaired) electrons. The van der Waals surface area contributed by atoms with Gasteiger partial charge in [0.1, 0.15) is 5.69 Å². The SMILES string of the molecule is CCCn1c(=O)[nH]c(=O)c2c(C(=O)N3CCN(C(C)(C)c4cn([C@H](C)c5ccc(Br)c(C)c5)nn4)CC3)cc(C(C)C)nc21. The number of carbonyl (C=O) groups excluding carboxylic acids is 1. The lowest BCUT2D eigenvalue weighted by atomic mass is 9.97. The van der Waals surface area contributed by atoms with Gasteiger partial charge in [0.25, 0.3) is 11.5 Å². The third-order valence-electron chi connectivity index (χ3n) is 8.79. The minimum Gasteiger partial charge on any atom is -0.336 e. The Balaban J connectivity index is 1.37. The highest BCUT2D eigenvalue weighted by Crippen LogP contribution is 2.30. The number of aromatic amines is 1. The quantitative estimate of drug-likeness (QED) is 0.293. The molecule has 1 fully saturated rings. The maximum absolute atomic E-state index is 14.0. The van der Waals surface area contributed by atoms with Crippen molar-refractivity contribution in [3.8, 4) is 0 Å². The van der Waals surface area contributed by atoms with E-state index in [0.29, 0.717) is 44.8 Å². The summed E-state index contributed by atoms with van der Waals surface area (Å²) >= 11 is 3.57. The Hall–Kier alpha value is -3.64. The number of aryl methyl sites for hydroxylation is 2. The van der Waals surface area contributed by atoms with Gasteiger partial charge in [-0.05, 0) is 63.3 Å². The fourth-order valence-electron chi connectivity index (χ4n) is 5.82. The normalized spacial score (nSPS) is 15.3. The number of rotatable bonds is 8. The van der Waals surface area contributed by atoms with Crippen molar-refractivity contribution in [3.63, 3.8) is 0 Å². The van der Waals surface area contributed by atoms with Crippen LogP contribution in [0.15, 0.2) is 44.5 Å². The molecule has 1 atom stereocenters. The molecule has 1 saturated heterocycles. The molecule has 11 nitrogen and oxygen atoms in total. The molecule has 44 heavy (non-hydrogen) atoms. The van der Waals surface area contributed by atoms with Gasteiger partial charge in [-0.15, -0.1) is 5.10 Å². The van der Waals surface area contributed by atoms with Crippen molar-refractivity contribution in [2.24, 2.45) is 0 Å². The summed E-state index contributed by atoms with van der Waals surface area (Å²) in [6.07, 6.45) is 2.70. The predicted octanol–water partition coefficient (Wildman–Crippen LogP) is 4.58. The second-order valence-electron chi connectivity index (χ2n) is 12.5. The highest BCUT2D eigenvalue weighted by atomic mass is 79.9. The van der Waals surface area contributed by atoms with Crippen LogP contribution in [0.25, 0.3) is 11.0 Å². The van der Waals surface area contributed by atoms with Gasteiger partial charge in [0.2, 0.25) is 0 Å². The smallest absolute Gasteiger partial charge is 0.329 e. The molecule has 4 aromatic rings. The molecule has 1 N–H and O–H groups in total. The maximum Gasteiger partial charge on any atom is 0.329 e. The fourth-order valence-corrected chi connectivity index (χ4v) is 6.06. The van der Waals surface area contributed by atoms with Crippen molar-refractivity contribution >= 4 is 32.9 Å². The predicted molar refractivity (Wildman–Crippen MR) is 174 cm³/mol. The van der Waals surface area contributed by atoms with Crippen molar-refractivity contribution in [3.05, 3.63) is 83.9 Å². The number of halogens is 1. The molecule has 0 saturated carbocycles.